The molecule has 0 aromatic carbocycles. The summed E-state index contributed by atoms with van der Waals surface area (Å²) in [6.45, 7) is 4.51. The van der Waals surface area contributed by atoms with Crippen LogP contribution in [0.3, 0.4) is 0 Å². The second kappa shape index (κ2) is 5.43. The summed E-state index contributed by atoms with van der Waals surface area (Å²) in [5, 5.41) is 17.9. The Morgan fingerprint density at radius 1 is 1.43 bits per heavy atom. The van der Waals surface area contributed by atoms with Crippen molar-refractivity contribution < 1.29 is 24.4 Å². The number of rotatable bonds is 8. The molecule has 1 fully saturated rings. The maximum atomic E-state index is 9.49. The van der Waals surface area contributed by atoms with Crippen molar-refractivity contribution in [3.8, 4) is 0 Å². The van der Waals surface area contributed by atoms with Crippen LogP contribution in [0.1, 0.15) is 6.42 Å². The van der Waals surface area contributed by atoms with E-state index in [1.165, 1.54) is 0 Å². The van der Waals surface area contributed by atoms with Gasteiger partial charge < -0.3 is 24.4 Å². The molecule has 0 bridgehead atoms. The van der Waals surface area contributed by atoms with E-state index in [9.17, 15) is 5.11 Å². The second-order valence-electron chi connectivity index (χ2n) is 2.99. The molecule has 1 saturated heterocycles. The SMILES string of the molecule is C=CCC1(O)OC1OCCOCCO. The summed E-state index contributed by atoms with van der Waals surface area (Å²) in [4.78, 5) is 0. The molecular weight excluding hydrogens is 188 g/mol. The van der Waals surface area contributed by atoms with Crippen LogP contribution in [-0.2, 0) is 14.2 Å². The first-order chi connectivity index (χ1) is 6.73. The van der Waals surface area contributed by atoms with E-state index in [4.69, 9.17) is 19.3 Å². The van der Waals surface area contributed by atoms with Crippen molar-refractivity contribution in [1.82, 2.24) is 0 Å². The Hall–Kier alpha value is -0.460. The summed E-state index contributed by atoms with van der Waals surface area (Å²) in [5.74, 6) is -1.18. The van der Waals surface area contributed by atoms with Gasteiger partial charge in [0.15, 0.2) is 0 Å². The third-order valence-electron chi connectivity index (χ3n) is 1.79. The van der Waals surface area contributed by atoms with Gasteiger partial charge in [-0.2, -0.15) is 0 Å². The van der Waals surface area contributed by atoms with Crippen LogP contribution >= 0.6 is 0 Å². The van der Waals surface area contributed by atoms with Crippen LogP contribution in [0, 0.1) is 0 Å². The maximum absolute atomic E-state index is 9.49. The van der Waals surface area contributed by atoms with Gasteiger partial charge in [-0.1, -0.05) is 6.08 Å². The molecule has 0 spiro atoms. The monoisotopic (exact) mass is 204 g/mol. The highest BCUT2D eigenvalue weighted by atomic mass is 16.9. The summed E-state index contributed by atoms with van der Waals surface area (Å²) in [6.07, 6.45) is 1.36. The van der Waals surface area contributed by atoms with Gasteiger partial charge >= 0.3 is 0 Å². The first kappa shape index (κ1) is 11.6. The second-order valence-corrected chi connectivity index (χ2v) is 2.99. The van der Waals surface area contributed by atoms with Crippen LogP contribution in [0.15, 0.2) is 12.7 Å². The van der Waals surface area contributed by atoms with Gasteiger partial charge in [0.2, 0.25) is 12.1 Å². The van der Waals surface area contributed by atoms with Gasteiger partial charge in [-0.15, -0.1) is 6.58 Å². The van der Waals surface area contributed by atoms with Crippen LogP contribution in [0.4, 0.5) is 0 Å². The molecule has 82 valence electrons. The molecule has 1 aliphatic rings. The lowest BCUT2D eigenvalue weighted by molar-refractivity contribution is -0.00617. The molecule has 0 radical (unpaired) electrons. The fourth-order valence-corrected chi connectivity index (χ4v) is 1.05. The van der Waals surface area contributed by atoms with Crippen molar-refractivity contribution in [1.29, 1.82) is 0 Å². The lowest BCUT2D eigenvalue weighted by Crippen LogP contribution is -2.17. The molecule has 5 nitrogen and oxygen atoms in total. The van der Waals surface area contributed by atoms with Crippen LogP contribution in [0.2, 0.25) is 0 Å². The minimum atomic E-state index is -1.18. The van der Waals surface area contributed by atoms with E-state index >= 15 is 0 Å². The van der Waals surface area contributed by atoms with E-state index in [1.807, 2.05) is 0 Å². The van der Waals surface area contributed by atoms with E-state index in [0.717, 1.165) is 0 Å². The number of aliphatic hydroxyl groups excluding tert-OH is 1. The molecule has 2 unspecified atom stereocenters. The Morgan fingerprint density at radius 3 is 2.86 bits per heavy atom. The highest BCUT2D eigenvalue weighted by molar-refractivity contribution is 4.92. The van der Waals surface area contributed by atoms with Crippen molar-refractivity contribution >= 4 is 0 Å². The normalized spacial score (nSPS) is 30.3. The molecule has 0 aliphatic carbocycles. The van der Waals surface area contributed by atoms with Crippen LogP contribution in [0.25, 0.3) is 0 Å². The molecular formula is C9H16O5. The highest BCUT2D eigenvalue weighted by Crippen LogP contribution is 2.37. The van der Waals surface area contributed by atoms with Crippen LogP contribution in [-0.4, -0.2) is 48.7 Å². The molecule has 2 N–H and O–H groups in total. The molecule has 14 heavy (non-hydrogen) atoms. The van der Waals surface area contributed by atoms with Crippen molar-refractivity contribution in [2.24, 2.45) is 0 Å². The minimum absolute atomic E-state index is 0.000328. The van der Waals surface area contributed by atoms with Gasteiger partial charge in [-0.25, -0.2) is 0 Å². The summed E-state index contributed by atoms with van der Waals surface area (Å²) in [5.41, 5.74) is 0. The van der Waals surface area contributed by atoms with Gasteiger partial charge in [0.05, 0.1) is 26.4 Å². The van der Waals surface area contributed by atoms with E-state index < -0.39 is 12.1 Å². The number of epoxide rings is 1. The third kappa shape index (κ3) is 3.36. The largest absolute Gasteiger partial charge is 0.394 e. The first-order valence-corrected chi connectivity index (χ1v) is 4.54. The van der Waals surface area contributed by atoms with Crippen molar-refractivity contribution in [2.75, 3.05) is 26.4 Å². The van der Waals surface area contributed by atoms with Gasteiger partial charge in [0.25, 0.3) is 0 Å². The predicted octanol–water partition coefficient (Wildman–Crippen LogP) is -0.367. The van der Waals surface area contributed by atoms with Gasteiger partial charge in [-0.3, -0.25) is 0 Å². The summed E-state index contributed by atoms with van der Waals surface area (Å²) >= 11 is 0. The first-order valence-electron chi connectivity index (χ1n) is 4.54. The Labute approximate surface area is 82.9 Å². The smallest absolute Gasteiger partial charge is 0.224 e. The Morgan fingerprint density at radius 2 is 2.21 bits per heavy atom. The summed E-state index contributed by atoms with van der Waals surface area (Å²) < 4.78 is 15.0. The fourth-order valence-electron chi connectivity index (χ4n) is 1.05. The standard InChI is InChI=1S/C9H16O5/c1-2-3-9(11)8(14-9)13-7-6-12-5-4-10/h2,8,10-11H,1,3-7H2. The zero-order chi connectivity index (χ0) is 10.4. The maximum Gasteiger partial charge on any atom is 0.224 e. The lowest BCUT2D eigenvalue weighted by atomic mass is 10.2. The highest BCUT2D eigenvalue weighted by Gasteiger charge is 2.55. The summed E-state index contributed by atoms with van der Waals surface area (Å²) in [7, 11) is 0. The van der Waals surface area contributed by atoms with E-state index in [1.54, 1.807) is 6.08 Å². The third-order valence-corrected chi connectivity index (χ3v) is 1.79. The lowest BCUT2D eigenvalue weighted by Gasteiger charge is -2.03. The van der Waals surface area contributed by atoms with Crippen LogP contribution in [0.5, 0.6) is 0 Å². The molecule has 2 atom stereocenters. The molecule has 0 amide bonds. The van der Waals surface area contributed by atoms with Gasteiger partial charge in [0.1, 0.15) is 0 Å². The molecule has 5 heteroatoms. The predicted molar refractivity (Wildman–Crippen MR) is 48.5 cm³/mol. The molecule has 1 heterocycles. The zero-order valence-corrected chi connectivity index (χ0v) is 8.02. The minimum Gasteiger partial charge on any atom is -0.394 e. The van der Waals surface area contributed by atoms with Crippen molar-refractivity contribution in [3.05, 3.63) is 12.7 Å². The van der Waals surface area contributed by atoms with E-state index in [0.29, 0.717) is 26.2 Å². The quantitative estimate of drug-likeness (QED) is 0.321. The van der Waals surface area contributed by atoms with Gasteiger partial charge in [0, 0.05) is 6.42 Å². The summed E-state index contributed by atoms with van der Waals surface area (Å²) in [6, 6.07) is 0. The fraction of sp³-hybridized carbons (Fsp3) is 0.778. The van der Waals surface area contributed by atoms with Crippen LogP contribution < -0.4 is 0 Å². The van der Waals surface area contributed by atoms with E-state index in [-0.39, 0.29) is 6.61 Å². The number of hydrogen-bond donors (Lipinski definition) is 2. The number of ether oxygens (including phenoxy) is 3. The van der Waals surface area contributed by atoms with E-state index in [2.05, 4.69) is 6.58 Å². The van der Waals surface area contributed by atoms with Gasteiger partial charge in [-0.05, 0) is 0 Å². The average molecular weight is 204 g/mol. The van der Waals surface area contributed by atoms with Crippen molar-refractivity contribution in [3.63, 3.8) is 0 Å². The number of hydrogen-bond acceptors (Lipinski definition) is 5. The topological polar surface area (TPSA) is 71.5 Å². The molecule has 0 aromatic rings. The average Bonchev–Trinajstić information content (AvgIpc) is 2.77. The number of aliphatic hydroxyl groups is 2. The van der Waals surface area contributed by atoms with Crippen molar-refractivity contribution in [2.45, 2.75) is 18.5 Å². The molecule has 1 aliphatic heterocycles. The Balaban J connectivity index is 1.97. The Bertz CT molecular complexity index is 184. The molecule has 0 aromatic heterocycles. The Kier molecular flexibility index (Phi) is 4.50. The molecule has 0 saturated carbocycles. The zero-order valence-electron chi connectivity index (χ0n) is 8.02. The molecule has 1 rings (SSSR count).